The van der Waals surface area contributed by atoms with E-state index in [1.54, 1.807) is 0 Å². The van der Waals surface area contributed by atoms with Crippen molar-refractivity contribution in [2.24, 2.45) is 0 Å². The van der Waals surface area contributed by atoms with Gasteiger partial charge < -0.3 is 0 Å². The molecule has 1 heterocycles. The first kappa shape index (κ1) is 15.2. The molecule has 0 N–H and O–H groups in total. The first-order chi connectivity index (χ1) is 8.57. The maximum Gasteiger partial charge on any atom is 0.418 e. The molecule has 0 bridgehead atoms. The number of alkyl halides is 5. The molecule has 1 aromatic heterocycles. The fourth-order valence-electron chi connectivity index (χ4n) is 1.27. The molecule has 0 fully saturated rings. The lowest BCUT2D eigenvalue weighted by molar-refractivity contribution is -0.387. The van der Waals surface area contributed by atoms with Gasteiger partial charge in [-0.3, -0.25) is 14.9 Å². The zero-order valence-corrected chi connectivity index (χ0v) is 9.30. The summed E-state index contributed by atoms with van der Waals surface area (Å²) >= 11 is 4.82. The molecule has 11 heteroatoms. The van der Waals surface area contributed by atoms with Crippen LogP contribution in [0.3, 0.4) is 0 Å². The normalized spacial score (nSPS) is 11.7. The van der Waals surface area contributed by atoms with Crippen LogP contribution < -0.4 is 0 Å². The SMILES string of the molecule is O=C(Cl)c1c(C(F)(F)F)cnc(C(F)F)c1[N+](=O)[O-]. The average molecular weight is 305 g/mol. The second-order valence-corrected chi connectivity index (χ2v) is 3.45. The van der Waals surface area contributed by atoms with Crippen LogP contribution in [-0.2, 0) is 6.18 Å². The number of hydrogen-bond donors (Lipinski definition) is 0. The lowest BCUT2D eigenvalue weighted by atomic mass is 10.1. The molecular formula is C8H2ClF5N2O3. The van der Waals surface area contributed by atoms with Crippen LogP contribution in [0.2, 0.25) is 0 Å². The Kier molecular flexibility index (Phi) is 4.03. The molecule has 19 heavy (non-hydrogen) atoms. The van der Waals surface area contributed by atoms with Gasteiger partial charge in [-0.15, -0.1) is 0 Å². The van der Waals surface area contributed by atoms with E-state index in [1.165, 1.54) is 0 Å². The summed E-state index contributed by atoms with van der Waals surface area (Å²) in [6.45, 7) is 0. The Bertz CT molecular complexity index is 546. The van der Waals surface area contributed by atoms with Crippen molar-refractivity contribution in [3.05, 3.63) is 33.1 Å². The highest BCUT2D eigenvalue weighted by Crippen LogP contribution is 2.39. The highest BCUT2D eigenvalue weighted by atomic mass is 35.5. The molecule has 0 aliphatic carbocycles. The molecule has 1 aromatic rings. The Balaban J connectivity index is 3.79. The van der Waals surface area contributed by atoms with E-state index in [9.17, 15) is 36.9 Å². The number of carbonyl (C=O) groups is 1. The molecule has 0 unspecified atom stereocenters. The summed E-state index contributed by atoms with van der Waals surface area (Å²) in [4.78, 5) is 22.6. The van der Waals surface area contributed by atoms with Gasteiger partial charge in [-0.05, 0) is 11.6 Å². The minimum absolute atomic E-state index is 0.0931. The predicted molar refractivity (Wildman–Crippen MR) is 51.0 cm³/mol. The van der Waals surface area contributed by atoms with Crippen LogP contribution in [0.4, 0.5) is 27.6 Å². The Labute approximate surface area is 106 Å². The van der Waals surface area contributed by atoms with E-state index in [1.807, 2.05) is 0 Å². The predicted octanol–water partition coefficient (Wildman–Crippen LogP) is 3.33. The minimum Gasteiger partial charge on any atom is -0.275 e. The largest absolute Gasteiger partial charge is 0.418 e. The molecule has 1 rings (SSSR count). The summed E-state index contributed by atoms with van der Waals surface area (Å²) < 4.78 is 62.5. The molecule has 104 valence electrons. The lowest BCUT2D eigenvalue weighted by Crippen LogP contribution is -2.16. The molecule has 0 radical (unpaired) electrons. The average Bonchev–Trinajstić information content (AvgIpc) is 2.25. The second kappa shape index (κ2) is 5.03. The fraction of sp³-hybridized carbons (Fsp3) is 0.250. The molecule has 0 amide bonds. The van der Waals surface area contributed by atoms with Crippen molar-refractivity contribution in [3.63, 3.8) is 0 Å². The van der Waals surface area contributed by atoms with Crippen molar-refractivity contribution in [3.8, 4) is 0 Å². The standard InChI is InChI=1S/C8H2ClF5N2O3/c9-6(17)3-2(8(12,13)14)1-15-4(7(10)11)5(3)16(18)19/h1,7H. The Morgan fingerprint density at radius 3 is 2.26 bits per heavy atom. The summed E-state index contributed by atoms with van der Waals surface area (Å²) in [5.41, 5.74) is -6.79. The highest BCUT2D eigenvalue weighted by molar-refractivity contribution is 6.68. The second-order valence-electron chi connectivity index (χ2n) is 3.11. The Hall–Kier alpha value is -1.84. The topological polar surface area (TPSA) is 73.1 Å². The van der Waals surface area contributed by atoms with Crippen LogP contribution in [-0.4, -0.2) is 15.1 Å². The van der Waals surface area contributed by atoms with Gasteiger partial charge in [0.15, 0.2) is 5.69 Å². The summed E-state index contributed by atoms with van der Waals surface area (Å²) in [6, 6.07) is 0. The molecular weight excluding hydrogens is 303 g/mol. The highest BCUT2D eigenvalue weighted by Gasteiger charge is 2.42. The molecule has 0 saturated carbocycles. The molecule has 0 spiro atoms. The monoisotopic (exact) mass is 304 g/mol. The quantitative estimate of drug-likeness (QED) is 0.371. The third-order valence-electron chi connectivity index (χ3n) is 1.97. The number of pyridine rings is 1. The summed E-state index contributed by atoms with van der Waals surface area (Å²) in [5.74, 6) is 0. The van der Waals surface area contributed by atoms with Gasteiger partial charge in [0, 0.05) is 6.20 Å². The maximum atomic E-state index is 12.5. The summed E-state index contributed by atoms with van der Waals surface area (Å²) in [7, 11) is 0. The van der Waals surface area contributed by atoms with Gasteiger partial charge >= 0.3 is 11.9 Å². The number of carbonyl (C=O) groups excluding carboxylic acids is 1. The first-order valence-electron chi connectivity index (χ1n) is 4.29. The number of hydrogen-bond acceptors (Lipinski definition) is 4. The third kappa shape index (κ3) is 2.95. The van der Waals surface area contributed by atoms with Crippen LogP contribution in [0.25, 0.3) is 0 Å². The molecule has 0 aliphatic heterocycles. The van der Waals surface area contributed by atoms with Crippen molar-refractivity contribution in [1.82, 2.24) is 4.98 Å². The van der Waals surface area contributed by atoms with Gasteiger partial charge in [-0.2, -0.15) is 13.2 Å². The number of rotatable bonds is 3. The maximum absolute atomic E-state index is 12.5. The Morgan fingerprint density at radius 2 is 1.95 bits per heavy atom. The van der Waals surface area contributed by atoms with Crippen LogP contribution in [0.15, 0.2) is 6.20 Å². The number of nitrogens with zero attached hydrogens (tertiary/aromatic N) is 2. The van der Waals surface area contributed by atoms with E-state index in [0.29, 0.717) is 0 Å². The molecule has 0 aliphatic rings. The summed E-state index contributed by atoms with van der Waals surface area (Å²) in [6.07, 6.45) is -8.82. The van der Waals surface area contributed by atoms with Crippen molar-refractivity contribution in [2.75, 3.05) is 0 Å². The molecule has 5 nitrogen and oxygen atoms in total. The van der Waals surface area contributed by atoms with E-state index in [2.05, 4.69) is 4.98 Å². The van der Waals surface area contributed by atoms with E-state index >= 15 is 0 Å². The number of aromatic nitrogens is 1. The van der Waals surface area contributed by atoms with Crippen LogP contribution in [0.5, 0.6) is 0 Å². The van der Waals surface area contributed by atoms with Crippen molar-refractivity contribution in [2.45, 2.75) is 12.6 Å². The molecule has 0 saturated heterocycles. The zero-order chi connectivity index (χ0) is 15.0. The van der Waals surface area contributed by atoms with Gasteiger partial charge in [0.1, 0.15) is 5.56 Å². The van der Waals surface area contributed by atoms with Gasteiger partial charge in [-0.25, -0.2) is 13.8 Å². The van der Waals surface area contributed by atoms with Crippen LogP contribution >= 0.6 is 11.6 Å². The molecule has 0 aromatic carbocycles. The zero-order valence-electron chi connectivity index (χ0n) is 8.54. The van der Waals surface area contributed by atoms with E-state index in [4.69, 9.17) is 11.6 Å². The number of nitro groups is 1. The number of halogens is 6. The van der Waals surface area contributed by atoms with Crippen LogP contribution in [0.1, 0.15) is 28.0 Å². The van der Waals surface area contributed by atoms with Gasteiger partial charge in [0.05, 0.1) is 10.5 Å². The van der Waals surface area contributed by atoms with Crippen LogP contribution in [0, 0.1) is 10.1 Å². The minimum atomic E-state index is -5.20. The first-order valence-corrected chi connectivity index (χ1v) is 4.67. The van der Waals surface area contributed by atoms with Crippen molar-refractivity contribution >= 4 is 22.5 Å². The van der Waals surface area contributed by atoms with E-state index < -0.39 is 45.3 Å². The lowest BCUT2D eigenvalue weighted by Gasteiger charge is -2.11. The Morgan fingerprint density at radius 1 is 1.42 bits per heavy atom. The fourth-order valence-corrected chi connectivity index (χ4v) is 1.47. The van der Waals surface area contributed by atoms with E-state index in [0.717, 1.165) is 0 Å². The van der Waals surface area contributed by atoms with Gasteiger partial charge in [0.2, 0.25) is 0 Å². The van der Waals surface area contributed by atoms with Crippen molar-refractivity contribution in [1.29, 1.82) is 0 Å². The third-order valence-corrected chi connectivity index (χ3v) is 2.16. The summed E-state index contributed by atoms with van der Waals surface area (Å²) in [5, 5.41) is 8.71. The van der Waals surface area contributed by atoms with Gasteiger partial charge in [-0.1, -0.05) is 0 Å². The van der Waals surface area contributed by atoms with E-state index in [-0.39, 0.29) is 6.20 Å². The molecule has 0 atom stereocenters. The van der Waals surface area contributed by atoms with Gasteiger partial charge in [0.25, 0.3) is 11.7 Å². The smallest absolute Gasteiger partial charge is 0.275 e. The van der Waals surface area contributed by atoms with Crippen molar-refractivity contribution < 1.29 is 31.7 Å².